The second-order valence-electron chi connectivity index (χ2n) is 6.53. The molecule has 0 aliphatic heterocycles. The van der Waals surface area contributed by atoms with E-state index in [1.807, 2.05) is 0 Å². The molecule has 3 atom stereocenters. The average Bonchev–Trinajstić information content (AvgIpc) is 2.68. The van der Waals surface area contributed by atoms with Crippen LogP contribution in [0.15, 0.2) is 24.3 Å². The van der Waals surface area contributed by atoms with Gasteiger partial charge in [0.2, 0.25) is 0 Å². The molecule has 0 amide bonds. The third kappa shape index (κ3) is 3.87. The van der Waals surface area contributed by atoms with Crippen LogP contribution in [-0.2, 0) is 6.42 Å². The maximum absolute atomic E-state index is 6.71. The highest BCUT2D eigenvalue weighted by Gasteiger charge is 2.31. The molecule has 3 unspecified atom stereocenters. The van der Waals surface area contributed by atoms with Crippen molar-refractivity contribution in [1.29, 1.82) is 0 Å². The van der Waals surface area contributed by atoms with Gasteiger partial charge in [0.15, 0.2) is 0 Å². The zero-order valence-electron chi connectivity index (χ0n) is 14.0. The van der Waals surface area contributed by atoms with Crippen LogP contribution < -0.4 is 5.73 Å². The molecule has 0 bridgehead atoms. The number of unbranched alkanes of at least 4 members (excludes halogenated alkanes) is 1. The number of benzene rings is 1. The van der Waals surface area contributed by atoms with Crippen LogP contribution in [0.25, 0.3) is 0 Å². The molecule has 0 saturated heterocycles. The van der Waals surface area contributed by atoms with Gasteiger partial charge in [-0.2, -0.15) is 0 Å². The molecular formula is C19H32N2. The van der Waals surface area contributed by atoms with Gasteiger partial charge in [-0.15, -0.1) is 0 Å². The van der Waals surface area contributed by atoms with E-state index in [1.54, 1.807) is 0 Å². The summed E-state index contributed by atoms with van der Waals surface area (Å²) in [6.07, 6.45) is 7.40. The molecule has 1 aromatic rings. The van der Waals surface area contributed by atoms with Gasteiger partial charge in [0, 0.05) is 18.1 Å². The largest absolute Gasteiger partial charge is 0.323 e. The van der Waals surface area contributed by atoms with Crippen molar-refractivity contribution < 1.29 is 0 Å². The molecule has 1 aromatic carbocycles. The second-order valence-corrected chi connectivity index (χ2v) is 6.53. The Kier molecular flexibility index (Phi) is 6.25. The Morgan fingerprint density at radius 1 is 1.29 bits per heavy atom. The first-order chi connectivity index (χ1) is 10.2. The zero-order chi connectivity index (χ0) is 15.2. The van der Waals surface area contributed by atoms with E-state index in [1.165, 1.54) is 56.2 Å². The van der Waals surface area contributed by atoms with Crippen molar-refractivity contribution in [2.24, 2.45) is 5.73 Å². The molecule has 1 aliphatic carbocycles. The molecule has 0 fully saturated rings. The normalized spacial score (nSPS) is 23.7. The minimum absolute atomic E-state index is 0.162. The molecule has 0 heterocycles. The highest BCUT2D eigenvalue weighted by atomic mass is 15.2. The lowest BCUT2D eigenvalue weighted by atomic mass is 9.94. The molecule has 0 saturated carbocycles. The van der Waals surface area contributed by atoms with Crippen molar-refractivity contribution in [2.75, 3.05) is 6.54 Å². The fourth-order valence-electron chi connectivity index (χ4n) is 3.64. The van der Waals surface area contributed by atoms with Crippen molar-refractivity contribution in [1.82, 2.24) is 4.90 Å². The smallest absolute Gasteiger partial charge is 0.0455 e. The molecule has 2 rings (SSSR count). The predicted molar refractivity (Wildman–Crippen MR) is 91.5 cm³/mol. The van der Waals surface area contributed by atoms with E-state index in [9.17, 15) is 0 Å². The number of rotatable bonds is 6. The summed E-state index contributed by atoms with van der Waals surface area (Å²) in [4.78, 5) is 2.69. The lowest BCUT2D eigenvalue weighted by Crippen LogP contribution is -2.47. The van der Waals surface area contributed by atoms with E-state index >= 15 is 0 Å². The summed E-state index contributed by atoms with van der Waals surface area (Å²) in [6, 6.07) is 10.1. The standard InChI is InChI=1S/C19H32N2/c1-4-6-14-21(15(3)5-2)18-13-9-11-16-10-7-8-12-17(16)19(18)20/h7-8,10,12,15,18-19H,4-6,9,11,13-14,20H2,1-3H3. The monoisotopic (exact) mass is 288 g/mol. The van der Waals surface area contributed by atoms with Crippen molar-refractivity contribution in [2.45, 2.75) is 77.4 Å². The van der Waals surface area contributed by atoms with Gasteiger partial charge in [-0.05, 0) is 56.7 Å². The minimum atomic E-state index is 0.162. The highest BCUT2D eigenvalue weighted by Crippen LogP contribution is 2.31. The molecule has 1 aliphatic rings. The fraction of sp³-hybridized carbons (Fsp3) is 0.684. The Balaban J connectivity index is 2.23. The highest BCUT2D eigenvalue weighted by molar-refractivity contribution is 5.32. The first kappa shape index (κ1) is 16.5. The second kappa shape index (κ2) is 7.95. The van der Waals surface area contributed by atoms with E-state index in [2.05, 4.69) is 49.9 Å². The maximum Gasteiger partial charge on any atom is 0.0455 e. The summed E-state index contributed by atoms with van der Waals surface area (Å²) in [7, 11) is 0. The number of nitrogens with zero attached hydrogens (tertiary/aromatic N) is 1. The predicted octanol–water partition coefficient (Wildman–Crippen LogP) is 4.29. The van der Waals surface area contributed by atoms with Crippen LogP contribution in [0.5, 0.6) is 0 Å². The molecular weight excluding hydrogens is 256 g/mol. The van der Waals surface area contributed by atoms with E-state index in [0.29, 0.717) is 12.1 Å². The van der Waals surface area contributed by atoms with Crippen LogP contribution in [0.1, 0.15) is 70.0 Å². The summed E-state index contributed by atoms with van der Waals surface area (Å²) in [5, 5.41) is 0. The van der Waals surface area contributed by atoms with Crippen LogP contribution in [-0.4, -0.2) is 23.5 Å². The van der Waals surface area contributed by atoms with Gasteiger partial charge < -0.3 is 5.73 Å². The lowest BCUT2D eigenvalue weighted by Gasteiger charge is -2.39. The molecule has 0 radical (unpaired) electrons. The van der Waals surface area contributed by atoms with E-state index in [4.69, 9.17) is 5.73 Å². The summed E-state index contributed by atoms with van der Waals surface area (Å²) in [5.74, 6) is 0. The topological polar surface area (TPSA) is 29.3 Å². The van der Waals surface area contributed by atoms with Gasteiger partial charge in [-0.1, -0.05) is 44.5 Å². The third-order valence-corrected chi connectivity index (χ3v) is 5.13. The van der Waals surface area contributed by atoms with Crippen molar-refractivity contribution in [3.8, 4) is 0 Å². The fourth-order valence-corrected chi connectivity index (χ4v) is 3.64. The van der Waals surface area contributed by atoms with E-state index in [-0.39, 0.29) is 6.04 Å². The summed E-state index contributed by atoms with van der Waals surface area (Å²) in [6.45, 7) is 8.11. The number of hydrogen-bond donors (Lipinski definition) is 1. The van der Waals surface area contributed by atoms with E-state index < -0.39 is 0 Å². The molecule has 0 aromatic heterocycles. The van der Waals surface area contributed by atoms with Crippen LogP contribution >= 0.6 is 0 Å². The van der Waals surface area contributed by atoms with E-state index in [0.717, 1.165) is 0 Å². The Morgan fingerprint density at radius 3 is 2.76 bits per heavy atom. The number of fused-ring (bicyclic) bond motifs is 1. The third-order valence-electron chi connectivity index (χ3n) is 5.13. The Labute approximate surface area is 130 Å². The lowest BCUT2D eigenvalue weighted by molar-refractivity contribution is 0.111. The SMILES string of the molecule is CCCCN(C(C)CC)C1CCCc2ccccc2C1N. The Bertz CT molecular complexity index is 429. The van der Waals surface area contributed by atoms with Crippen molar-refractivity contribution in [3.63, 3.8) is 0 Å². The zero-order valence-corrected chi connectivity index (χ0v) is 14.0. The first-order valence-corrected chi connectivity index (χ1v) is 8.78. The average molecular weight is 288 g/mol. The molecule has 21 heavy (non-hydrogen) atoms. The molecule has 2 heteroatoms. The van der Waals surface area contributed by atoms with Crippen LogP contribution in [0.2, 0.25) is 0 Å². The van der Waals surface area contributed by atoms with Gasteiger partial charge in [0.25, 0.3) is 0 Å². The first-order valence-electron chi connectivity index (χ1n) is 8.78. The summed E-state index contributed by atoms with van der Waals surface area (Å²) < 4.78 is 0. The number of aryl methyl sites for hydroxylation is 1. The van der Waals surface area contributed by atoms with Crippen molar-refractivity contribution >= 4 is 0 Å². The Morgan fingerprint density at radius 2 is 2.05 bits per heavy atom. The number of hydrogen-bond acceptors (Lipinski definition) is 2. The van der Waals surface area contributed by atoms with Gasteiger partial charge in [-0.3, -0.25) is 4.90 Å². The summed E-state index contributed by atoms with van der Waals surface area (Å²) in [5.41, 5.74) is 9.56. The molecule has 2 nitrogen and oxygen atoms in total. The summed E-state index contributed by atoms with van der Waals surface area (Å²) >= 11 is 0. The quantitative estimate of drug-likeness (QED) is 0.791. The van der Waals surface area contributed by atoms with Crippen LogP contribution in [0.3, 0.4) is 0 Å². The Hall–Kier alpha value is -0.860. The molecule has 2 N–H and O–H groups in total. The van der Waals surface area contributed by atoms with Gasteiger partial charge >= 0.3 is 0 Å². The van der Waals surface area contributed by atoms with Crippen LogP contribution in [0, 0.1) is 0 Å². The minimum Gasteiger partial charge on any atom is -0.323 e. The van der Waals surface area contributed by atoms with Gasteiger partial charge in [0.1, 0.15) is 0 Å². The molecule has 0 spiro atoms. The number of nitrogens with two attached hydrogens (primary N) is 1. The molecule has 118 valence electrons. The van der Waals surface area contributed by atoms with Gasteiger partial charge in [0.05, 0.1) is 0 Å². The maximum atomic E-state index is 6.71. The van der Waals surface area contributed by atoms with Crippen LogP contribution in [0.4, 0.5) is 0 Å². The van der Waals surface area contributed by atoms with Crippen molar-refractivity contribution in [3.05, 3.63) is 35.4 Å². The van der Waals surface area contributed by atoms with Gasteiger partial charge in [-0.25, -0.2) is 0 Å².